The first-order valence-corrected chi connectivity index (χ1v) is 6.85. The second kappa shape index (κ2) is 6.17. The highest BCUT2D eigenvalue weighted by atomic mass is 35.5. The summed E-state index contributed by atoms with van der Waals surface area (Å²) in [5.41, 5.74) is 0.520. The van der Waals surface area contributed by atoms with Gasteiger partial charge in [-0.2, -0.15) is 0 Å². The number of amides is 1. The molecule has 2 rings (SSSR count). The predicted octanol–water partition coefficient (Wildman–Crippen LogP) is 3.08. The zero-order valence-electron chi connectivity index (χ0n) is 11.4. The molecule has 1 aromatic rings. The normalized spacial score (nSPS) is 15.8. The number of hydrogen-bond acceptors (Lipinski definition) is 4. The van der Waals surface area contributed by atoms with Crippen molar-refractivity contribution < 1.29 is 19.6 Å². The van der Waals surface area contributed by atoms with Gasteiger partial charge >= 0.3 is 11.8 Å². The first kappa shape index (κ1) is 15.4. The third-order valence-electron chi connectivity index (χ3n) is 3.44. The highest BCUT2D eigenvalue weighted by Gasteiger charge is 2.26. The number of nitro benzene ring substituents is 1. The molecular formula is C13H15ClN2O5. The molecule has 8 heteroatoms. The molecule has 0 bridgehead atoms. The van der Waals surface area contributed by atoms with Gasteiger partial charge in [0.15, 0.2) is 5.75 Å². The number of hydrogen-bond donors (Lipinski definition) is 1. The summed E-state index contributed by atoms with van der Waals surface area (Å²) in [7, 11) is 0. The predicted molar refractivity (Wildman–Crippen MR) is 76.1 cm³/mol. The van der Waals surface area contributed by atoms with Crippen LogP contribution in [0, 0.1) is 17.0 Å². The number of rotatable bonds is 3. The highest BCUT2D eigenvalue weighted by Crippen LogP contribution is 2.34. The number of nitrogens with zero attached hydrogens (tertiary/aromatic N) is 2. The monoisotopic (exact) mass is 314 g/mol. The Hall–Kier alpha value is -2.02. The lowest BCUT2D eigenvalue weighted by Gasteiger charge is -2.30. The maximum atomic E-state index is 11.0. The minimum absolute atomic E-state index is 0.175. The van der Waals surface area contributed by atoms with E-state index in [0.29, 0.717) is 36.5 Å². The molecule has 21 heavy (non-hydrogen) atoms. The van der Waals surface area contributed by atoms with Crippen molar-refractivity contribution in [2.75, 3.05) is 13.1 Å². The molecule has 1 aromatic carbocycles. The molecule has 7 nitrogen and oxygen atoms in total. The Morgan fingerprint density at radius 1 is 1.48 bits per heavy atom. The molecule has 1 heterocycles. The summed E-state index contributed by atoms with van der Waals surface area (Å²) in [6.07, 6.45) is -0.183. The van der Waals surface area contributed by atoms with Gasteiger partial charge in [0.25, 0.3) is 0 Å². The molecular weight excluding hydrogens is 300 g/mol. The van der Waals surface area contributed by atoms with E-state index in [1.807, 2.05) is 0 Å². The summed E-state index contributed by atoms with van der Waals surface area (Å²) in [5, 5.41) is 20.2. The number of carbonyl (C=O) groups is 1. The van der Waals surface area contributed by atoms with Gasteiger partial charge in [0, 0.05) is 32.0 Å². The van der Waals surface area contributed by atoms with E-state index in [-0.39, 0.29) is 17.5 Å². The summed E-state index contributed by atoms with van der Waals surface area (Å²) in [4.78, 5) is 22.6. The molecule has 0 atom stereocenters. The van der Waals surface area contributed by atoms with Crippen molar-refractivity contribution in [1.82, 2.24) is 4.90 Å². The lowest BCUT2D eigenvalue weighted by atomic mass is 10.1. The largest absolute Gasteiger partial charge is 0.483 e. The number of aryl methyl sites for hydroxylation is 1. The first-order chi connectivity index (χ1) is 9.88. The second-order valence-electron chi connectivity index (χ2n) is 4.91. The molecule has 0 saturated carbocycles. The van der Waals surface area contributed by atoms with Crippen LogP contribution in [0.3, 0.4) is 0 Å². The van der Waals surface area contributed by atoms with Gasteiger partial charge in [-0.25, -0.2) is 4.79 Å². The van der Waals surface area contributed by atoms with Crippen molar-refractivity contribution in [3.05, 3.63) is 32.8 Å². The van der Waals surface area contributed by atoms with E-state index in [9.17, 15) is 14.9 Å². The molecule has 1 saturated heterocycles. The Kier molecular flexibility index (Phi) is 4.52. The lowest BCUT2D eigenvalue weighted by Crippen LogP contribution is -2.41. The molecule has 0 aromatic heterocycles. The lowest BCUT2D eigenvalue weighted by molar-refractivity contribution is -0.386. The SMILES string of the molecule is Cc1cc(OC2CCN(C(=O)O)CC2)c([N+](=O)[O-])cc1Cl. The van der Waals surface area contributed by atoms with E-state index in [2.05, 4.69) is 0 Å². The number of benzene rings is 1. The highest BCUT2D eigenvalue weighted by molar-refractivity contribution is 6.31. The molecule has 114 valence electrons. The number of carboxylic acid groups (broad SMARTS) is 1. The van der Waals surface area contributed by atoms with Gasteiger partial charge in [0.1, 0.15) is 6.10 Å². The van der Waals surface area contributed by atoms with E-state index >= 15 is 0 Å². The van der Waals surface area contributed by atoms with Crippen LogP contribution in [0.25, 0.3) is 0 Å². The van der Waals surface area contributed by atoms with Crippen molar-refractivity contribution in [3.63, 3.8) is 0 Å². The maximum absolute atomic E-state index is 11.0. The molecule has 1 aliphatic heterocycles. The molecule has 1 aliphatic rings. The second-order valence-corrected chi connectivity index (χ2v) is 5.32. The summed E-state index contributed by atoms with van der Waals surface area (Å²) >= 11 is 5.89. The number of halogens is 1. The number of ether oxygens (including phenoxy) is 1. The van der Waals surface area contributed by atoms with Crippen LogP contribution >= 0.6 is 11.6 Å². The van der Waals surface area contributed by atoms with E-state index in [0.717, 1.165) is 0 Å². The minimum Gasteiger partial charge on any atom is -0.483 e. The summed E-state index contributed by atoms with van der Waals surface area (Å²) in [6.45, 7) is 2.46. The molecule has 1 N–H and O–H groups in total. The smallest absolute Gasteiger partial charge is 0.407 e. The fraction of sp³-hybridized carbons (Fsp3) is 0.462. The van der Waals surface area contributed by atoms with Crippen LogP contribution < -0.4 is 4.74 Å². The van der Waals surface area contributed by atoms with Crippen LogP contribution in [0.2, 0.25) is 5.02 Å². The van der Waals surface area contributed by atoms with Gasteiger partial charge in [-0.1, -0.05) is 11.6 Å². The zero-order chi connectivity index (χ0) is 15.6. The van der Waals surface area contributed by atoms with Crippen molar-refractivity contribution in [2.24, 2.45) is 0 Å². The fourth-order valence-corrected chi connectivity index (χ4v) is 2.38. The van der Waals surface area contributed by atoms with Crippen molar-refractivity contribution in [3.8, 4) is 5.75 Å². The Labute approximate surface area is 126 Å². The van der Waals surface area contributed by atoms with Gasteiger partial charge in [-0.15, -0.1) is 0 Å². The van der Waals surface area contributed by atoms with E-state index in [4.69, 9.17) is 21.4 Å². The third kappa shape index (κ3) is 3.55. The maximum Gasteiger partial charge on any atom is 0.407 e. The number of likely N-dealkylation sites (tertiary alicyclic amines) is 1. The van der Waals surface area contributed by atoms with Crippen LogP contribution in [0.1, 0.15) is 18.4 Å². The van der Waals surface area contributed by atoms with Gasteiger partial charge in [-0.3, -0.25) is 10.1 Å². The van der Waals surface area contributed by atoms with Crippen molar-refractivity contribution in [2.45, 2.75) is 25.9 Å². The van der Waals surface area contributed by atoms with E-state index in [1.165, 1.54) is 11.0 Å². The Morgan fingerprint density at radius 2 is 2.10 bits per heavy atom. The molecule has 0 spiro atoms. The number of nitro groups is 1. The number of piperidine rings is 1. The van der Waals surface area contributed by atoms with Crippen molar-refractivity contribution in [1.29, 1.82) is 0 Å². The average molecular weight is 315 g/mol. The van der Waals surface area contributed by atoms with Crippen molar-refractivity contribution >= 4 is 23.4 Å². The Balaban J connectivity index is 2.11. The van der Waals surface area contributed by atoms with Gasteiger partial charge in [0.2, 0.25) is 0 Å². The Bertz CT molecular complexity index is 570. The summed E-state index contributed by atoms with van der Waals surface area (Å²) in [5.74, 6) is 0.177. The molecule has 1 amide bonds. The van der Waals surface area contributed by atoms with E-state index in [1.54, 1.807) is 13.0 Å². The van der Waals surface area contributed by atoms with Crippen LogP contribution in [-0.2, 0) is 0 Å². The summed E-state index contributed by atoms with van der Waals surface area (Å²) in [6, 6.07) is 2.82. The standard InChI is InChI=1S/C13H15ClN2O5/c1-8-6-12(11(16(19)20)7-10(8)14)21-9-2-4-15(5-3-9)13(17)18/h6-7,9H,2-5H2,1H3,(H,17,18). The Morgan fingerprint density at radius 3 is 2.62 bits per heavy atom. The van der Waals surface area contributed by atoms with Crippen LogP contribution in [0.15, 0.2) is 12.1 Å². The molecule has 1 fully saturated rings. The molecule has 0 radical (unpaired) electrons. The van der Waals surface area contributed by atoms with Gasteiger partial charge in [-0.05, 0) is 18.6 Å². The van der Waals surface area contributed by atoms with E-state index < -0.39 is 11.0 Å². The quantitative estimate of drug-likeness (QED) is 0.683. The van der Waals surface area contributed by atoms with Crippen LogP contribution in [0.4, 0.5) is 10.5 Å². The fourth-order valence-electron chi connectivity index (χ4n) is 2.23. The molecule has 0 unspecified atom stereocenters. The van der Waals surface area contributed by atoms with Gasteiger partial charge in [0.05, 0.1) is 9.95 Å². The van der Waals surface area contributed by atoms with Gasteiger partial charge < -0.3 is 14.7 Å². The van der Waals surface area contributed by atoms with Crippen LogP contribution in [0.5, 0.6) is 5.75 Å². The summed E-state index contributed by atoms with van der Waals surface area (Å²) < 4.78 is 5.69. The minimum atomic E-state index is -0.957. The average Bonchev–Trinajstić information content (AvgIpc) is 2.43. The van der Waals surface area contributed by atoms with Crippen LogP contribution in [-0.4, -0.2) is 40.2 Å². The molecule has 0 aliphatic carbocycles. The third-order valence-corrected chi connectivity index (χ3v) is 3.85. The first-order valence-electron chi connectivity index (χ1n) is 6.47. The topological polar surface area (TPSA) is 92.9 Å². The zero-order valence-corrected chi connectivity index (χ0v) is 12.2.